The third-order valence-corrected chi connectivity index (χ3v) is 2.66. The van der Waals surface area contributed by atoms with Crippen LogP contribution in [0, 0.1) is 17.6 Å². The summed E-state index contributed by atoms with van der Waals surface area (Å²) in [5.74, 6) is -1.17. The lowest BCUT2D eigenvalue weighted by atomic mass is 10.2. The van der Waals surface area contributed by atoms with Crippen molar-refractivity contribution in [2.75, 3.05) is 6.54 Å². The molecule has 0 fully saturated rings. The Balaban J connectivity index is 1.94. The Morgan fingerprint density at radius 2 is 1.86 bits per heavy atom. The van der Waals surface area contributed by atoms with Gasteiger partial charge in [0.2, 0.25) is 0 Å². The van der Waals surface area contributed by atoms with Gasteiger partial charge in [0.15, 0.2) is 11.6 Å². The van der Waals surface area contributed by atoms with Crippen LogP contribution in [-0.2, 0) is 6.54 Å². The lowest BCUT2D eigenvalue weighted by molar-refractivity contribution is 0.429. The van der Waals surface area contributed by atoms with E-state index in [0.717, 1.165) is 24.2 Å². The Labute approximate surface area is 122 Å². The quantitative estimate of drug-likeness (QED) is 0.887. The third-order valence-electron chi connectivity index (χ3n) is 2.66. The van der Waals surface area contributed by atoms with E-state index in [-0.39, 0.29) is 11.8 Å². The molecule has 0 saturated carbocycles. The molecule has 112 valence electrons. The van der Waals surface area contributed by atoms with Gasteiger partial charge in [0.05, 0.1) is 0 Å². The predicted molar refractivity (Wildman–Crippen MR) is 75.0 cm³/mol. The molecule has 0 aliphatic carbocycles. The van der Waals surface area contributed by atoms with Crippen LogP contribution in [0.3, 0.4) is 0 Å². The summed E-state index contributed by atoms with van der Waals surface area (Å²) in [5.41, 5.74) is 0.924. The zero-order valence-electron chi connectivity index (χ0n) is 11.9. The van der Waals surface area contributed by atoms with Gasteiger partial charge in [-0.05, 0) is 24.6 Å². The van der Waals surface area contributed by atoms with Crippen LogP contribution >= 0.6 is 0 Å². The maximum Gasteiger partial charge on any atom is 0.321 e. The van der Waals surface area contributed by atoms with E-state index in [1.54, 1.807) is 12.4 Å². The molecule has 4 nitrogen and oxygen atoms in total. The van der Waals surface area contributed by atoms with Crippen molar-refractivity contribution in [1.82, 2.24) is 15.3 Å². The average Bonchev–Trinajstić information content (AvgIpc) is 2.44. The highest BCUT2D eigenvalue weighted by molar-refractivity contribution is 5.26. The monoisotopic (exact) mass is 293 g/mol. The highest BCUT2D eigenvalue weighted by atomic mass is 19.2. The Kier molecular flexibility index (Phi) is 5.16. The molecule has 1 heterocycles. The molecular weight excluding hydrogens is 276 g/mol. The van der Waals surface area contributed by atoms with E-state index >= 15 is 0 Å². The van der Waals surface area contributed by atoms with Crippen LogP contribution in [0.2, 0.25) is 0 Å². The Morgan fingerprint density at radius 1 is 1.14 bits per heavy atom. The Morgan fingerprint density at radius 3 is 2.48 bits per heavy atom. The largest absolute Gasteiger partial charge is 0.424 e. The van der Waals surface area contributed by atoms with Crippen molar-refractivity contribution in [3.8, 4) is 11.8 Å². The number of hydrogen-bond acceptors (Lipinski definition) is 4. The molecule has 0 saturated heterocycles. The zero-order valence-corrected chi connectivity index (χ0v) is 11.9. The molecule has 0 bridgehead atoms. The van der Waals surface area contributed by atoms with Crippen molar-refractivity contribution in [3.05, 3.63) is 47.8 Å². The van der Waals surface area contributed by atoms with Crippen molar-refractivity contribution in [2.45, 2.75) is 20.4 Å². The third kappa shape index (κ3) is 4.75. The molecule has 1 aromatic heterocycles. The van der Waals surface area contributed by atoms with Gasteiger partial charge in [0, 0.05) is 30.6 Å². The first-order valence-corrected chi connectivity index (χ1v) is 6.69. The van der Waals surface area contributed by atoms with E-state index in [2.05, 4.69) is 29.1 Å². The van der Waals surface area contributed by atoms with Gasteiger partial charge in [-0.15, -0.1) is 0 Å². The summed E-state index contributed by atoms with van der Waals surface area (Å²) < 4.78 is 31.1. The molecule has 0 unspecified atom stereocenters. The summed E-state index contributed by atoms with van der Waals surface area (Å²) in [6.07, 6.45) is 3.27. The number of halogens is 2. The molecule has 0 amide bonds. The molecule has 1 N–H and O–H groups in total. The second kappa shape index (κ2) is 7.08. The molecule has 0 aliphatic rings. The Bertz CT molecular complexity index is 588. The minimum absolute atomic E-state index is 0.0913. The number of rotatable bonds is 6. The van der Waals surface area contributed by atoms with Gasteiger partial charge in [0.25, 0.3) is 0 Å². The summed E-state index contributed by atoms with van der Waals surface area (Å²) in [6, 6.07) is 3.36. The van der Waals surface area contributed by atoms with Gasteiger partial charge < -0.3 is 10.1 Å². The van der Waals surface area contributed by atoms with Gasteiger partial charge in [-0.2, -0.15) is 0 Å². The summed E-state index contributed by atoms with van der Waals surface area (Å²) in [5, 5.41) is 3.27. The lowest BCUT2D eigenvalue weighted by Crippen LogP contribution is -2.19. The standard InChI is InChI=1S/C15H17F2N3O/c1-10(2)6-18-7-11-8-19-15(20-9-11)21-12-3-4-13(16)14(17)5-12/h3-5,8-10,18H,6-7H2,1-2H3. The van der Waals surface area contributed by atoms with Crippen molar-refractivity contribution in [1.29, 1.82) is 0 Å². The molecule has 1 aromatic carbocycles. The minimum Gasteiger partial charge on any atom is -0.424 e. The maximum atomic E-state index is 13.0. The summed E-state index contributed by atoms with van der Waals surface area (Å²) in [4.78, 5) is 8.07. The van der Waals surface area contributed by atoms with Crippen LogP contribution in [0.15, 0.2) is 30.6 Å². The molecule has 0 atom stereocenters. The number of hydrogen-bond donors (Lipinski definition) is 1. The number of ether oxygens (including phenoxy) is 1. The van der Waals surface area contributed by atoms with Crippen molar-refractivity contribution in [2.24, 2.45) is 5.92 Å². The summed E-state index contributed by atoms with van der Waals surface area (Å²) >= 11 is 0. The second-order valence-electron chi connectivity index (χ2n) is 5.08. The van der Waals surface area contributed by atoms with Gasteiger partial charge >= 0.3 is 6.01 Å². The number of aromatic nitrogens is 2. The average molecular weight is 293 g/mol. The maximum absolute atomic E-state index is 13.0. The van der Waals surface area contributed by atoms with Crippen LogP contribution in [-0.4, -0.2) is 16.5 Å². The highest BCUT2D eigenvalue weighted by Crippen LogP contribution is 2.20. The molecule has 0 spiro atoms. The van der Waals surface area contributed by atoms with Crippen LogP contribution in [0.4, 0.5) is 8.78 Å². The number of benzene rings is 1. The fourth-order valence-corrected chi connectivity index (χ4v) is 1.64. The van der Waals surface area contributed by atoms with Gasteiger partial charge in [-0.1, -0.05) is 13.8 Å². The van der Waals surface area contributed by atoms with Gasteiger partial charge in [-0.3, -0.25) is 0 Å². The van der Waals surface area contributed by atoms with E-state index < -0.39 is 11.6 Å². The van der Waals surface area contributed by atoms with Crippen molar-refractivity contribution < 1.29 is 13.5 Å². The van der Waals surface area contributed by atoms with Crippen LogP contribution in [0.25, 0.3) is 0 Å². The summed E-state index contributed by atoms with van der Waals surface area (Å²) in [6.45, 7) is 5.83. The first-order valence-electron chi connectivity index (χ1n) is 6.69. The van der Waals surface area contributed by atoms with Crippen LogP contribution < -0.4 is 10.1 Å². The first kappa shape index (κ1) is 15.3. The predicted octanol–water partition coefficient (Wildman–Crippen LogP) is 3.29. The van der Waals surface area contributed by atoms with E-state index in [1.165, 1.54) is 6.07 Å². The number of nitrogens with zero attached hydrogens (tertiary/aromatic N) is 2. The molecule has 6 heteroatoms. The first-order chi connectivity index (χ1) is 10.0. The van der Waals surface area contributed by atoms with E-state index in [9.17, 15) is 8.78 Å². The van der Waals surface area contributed by atoms with Crippen molar-refractivity contribution in [3.63, 3.8) is 0 Å². The highest BCUT2D eigenvalue weighted by Gasteiger charge is 2.06. The smallest absolute Gasteiger partial charge is 0.321 e. The molecule has 0 radical (unpaired) electrons. The molecule has 21 heavy (non-hydrogen) atoms. The Hall–Kier alpha value is -2.08. The lowest BCUT2D eigenvalue weighted by Gasteiger charge is -2.07. The van der Waals surface area contributed by atoms with Crippen LogP contribution in [0.5, 0.6) is 11.8 Å². The van der Waals surface area contributed by atoms with Crippen molar-refractivity contribution >= 4 is 0 Å². The van der Waals surface area contributed by atoms with Gasteiger partial charge in [0.1, 0.15) is 5.75 Å². The molecular formula is C15H17F2N3O. The van der Waals surface area contributed by atoms with Crippen LogP contribution in [0.1, 0.15) is 19.4 Å². The van der Waals surface area contributed by atoms with E-state index in [0.29, 0.717) is 12.5 Å². The normalized spacial score (nSPS) is 10.9. The zero-order chi connectivity index (χ0) is 15.2. The molecule has 2 rings (SSSR count). The molecule has 2 aromatic rings. The topological polar surface area (TPSA) is 47.0 Å². The van der Waals surface area contributed by atoms with Gasteiger partial charge in [-0.25, -0.2) is 18.7 Å². The van der Waals surface area contributed by atoms with E-state index in [1.807, 2.05) is 0 Å². The summed E-state index contributed by atoms with van der Waals surface area (Å²) in [7, 11) is 0. The van der Waals surface area contributed by atoms with E-state index in [4.69, 9.17) is 4.74 Å². The fraction of sp³-hybridized carbons (Fsp3) is 0.333. The number of nitrogens with one attached hydrogen (secondary N) is 1. The SMILES string of the molecule is CC(C)CNCc1cnc(Oc2ccc(F)c(F)c2)nc1. The fourth-order valence-electron chi connectivity index (χ4n) is 1.64. The molecule has 0 aliphatic heterocycles. The minimum atomic E-state index is -0.970. The second-order valence-corrected chi connectivity index (χ2v) is 5.08.